The molecule has 0 amide bonds. The van der Waals surface area contributed by atoms with Crippen LogP contribution in [0.5, 0.6) is 0 Å². The number of Topliss-reactive ketones (excluding diaryl/α,β-unsaturated/α-hetero) is 1. The molecule has 0 radical (unpaired) electrons. The molecule has 0 saturated carbocycles. The first-order valence-corrected chi connectivity index (χ1v) is 5.70. The van der Waals surface area contributed by atoms with Crippen molar-refractivity contribution < 1.29 is 23.5 Å². The third-order valence-electron chi connectivity index (χ3n) is 2.53. The summed E-state index contributed by atoms with van der Waals surface area (Å²) in [7, 11) is 0. The predicted molar refractivity (Wildman–Crippen MR) is 61.4 cm³/mol. The van der Waals surface area contributed by atoms with E-state index in [0.29, 0.717) is 25.3 Å². The SMILES string of the molecule is O=C(O)CCCCCC(=O)c1ccc(F)cc1F. The highest BCUT2D eigenvalue weighted by Gasteiger charge is 2.12. The largest absolute Gasteiger partial charge is 0.481 e. The van der Waals surface area contributed by atoms with Crippen LogP contribution in [-0.4, -0.2) is 16.9 Å². The number of carboxylic acids is 1. The van der Waals surface area contributed by atoms with Crippen molar-refractivity contribution in [2.45, 2.75) is 32.1 Å². The summed E-state index contributed by atoms with van der Waals surface area (Å²) in [6.45, 7) is 0. The van der Waals surface area contributed by atoms with E-state index in [9.17, 15) is 18.4 Å². The Morgan fingerprint density at radius 1 is 1.06 bits per heavy atom. The Bertz CT molecular complexity index is 444. The second-order valence-electron chi connectivity index (χ2n) is 4.00. The van der Waals surface area contributed by atoms with Crippen LogP contribution in [0.2, 0.25) is 0 Å². The standard InChI is InChI=1S/C13H14F2O3/c14-9-6-7-10(11(15)8-9)12(16)4-2-1-3-5-13(17)18/h6-8H,1-5H2,(H,17,18). The minimum Gasteiger partial charge on any atom is -0.481 e. The molecule has 0 atom stereocenters. The second-order valence-corrected chi connectivity index (χ2v) is 4.00. The monoisotopic (exact) mass is 256 g/mol. The van der Waals surface area contributed by atoms with Crippen molar-refractivity contribution in [1.82, 2.24) is 0 Å². The molecule has 1 aromatic rings. The Morgan fingerprint density at radius 2 is 1.72 bits per heavy atom. The van der Waals surface area contributed by atoms with E-state index in [0.717, 1.165) is 12.1 Å². The molecule has 1 rings (SSSR count). The first-order chi connectivity index (χ1) is 8.50. The van der Waals surface area contributed by atoms with E-state index < -0.39 is 17.6 Å². The molecule has 1 aromatic carbocycles. The Balaban J connectivity index is 2.39. The summed E-state index contributed by atoms with van der Waals surface area (Å²) >= 11 is 0. The first kappa shape index (κ1) is 14.3. The molecule has 0 aliphatic rings. The van der Waals surface area contributed by atoms with Gasteiger partial charge in [0.05, 0.1) is 5.56 Å². The minimum atomic E-state index is -0.870. The fourth-order valence-corrected chi connectivity index (χ4v) is 1.59. The van der Waals surface area contributed by atoms with Crippen LogP contribution in [0.3, 0.4) is 0 Å². The zero-order valence-corrected chi connectivity index (χ0v) is 9.79. The second kappa shape index (κ2) is 6.83. The van der Waals surface area contributed by atoms with E-state index in [4.69, 9.17) is 5.11 Å². The van der Waals surface area contributed by atoms with E-state index >= 15 is 0 Å². The quantitative estimate of drug-likeness (QED) is 0.602. The molecule has 1 N–H and O–H groups in total. The lowest BCUT2D eigenvalue weighted by atomic mass is 10.0. The third kappa shape index (κ3) is 4.61. The van der Waals surface area contributed by atoms with Gasteiger partial charge in [-0.25, -0.2) is 8.78 Å². The molecule has 0 heterocycles. The zero-order valence-electron chi connectivity index (χ0n) is 9.79. The van der Waals surface area contributed by atoms with Gasteiger partial charge >= 0.3 is 5.97 Å². The molecule has 5 heteroatoms. The minimum absolute atomic E-state index is 0.0686. The van der Waals surface area contributed by atoms with Gasteiger partial charge in [-0.05, 0) is 25.0 Å². The molecule has 18 heavy (non-hydrogen) atoms. The molecule has 0 aromatic heterocycles. The van der Waals surface area contributed by atoms with Gasteiger partial charge < -0.3 is 5.11 Å². The summed E-state index contributed by atoms with van der Waals surface area (Å²) in [6, 6.07) is 2.85. The first-order valence-electron chi connectivity index (χ1n) is 5.70. The molecule has 0 unspecified atom stereocenters. The summed E-state index contributed by atoms with van der Waals surface area (Å²) in [4.78, 5) is 21.8. The summed E-state index contributed by atoms with van der Waals surface area (Å²) < 4.78 is 25.9. The molecule has 98 valence electrons. The number of hydrogen-bond acceptors (Lipinski definition) is 2. The van der Waals surface area contributed by atoms with Crippen LogP contribution in [0.15, 0.2) is 18.2 Å². The Morgan fingerprint density at radius 3 is 2.33 bits per heavy atom. The Labute approximate surface area is 103 Å². The molecular formula is C13H14F2O3. The highest BCUT2D eigenvalue weighted by Crippen LogP contribution is 2.14. The van der Waals surface area contributed by atoms with E-state index in [1.54, 1.807) is 0 Å². The Kier molecular flexibility index (Phi) is 5.42. The highest BCUT2D eigenvalue weighted by molar-refractivity contribution is 5.96. The van der Waals surface area contributed by atoms with Gasteiger partial charge in [0.1, 0.15) is 11.6 Å². The van der Waals surface area contributed by atoms with Gasteiger partial charge in [0.2, 0.25) is 0 Å². The molecule has 3 nitrogen and oxygen atoms in total. The summed E-state index contributed by atoms with van der Waals surface area (Å²) in [5, 5.41) is 8.41. The van der Waals surface area contributed by atoms with Crippen LogP contribution in [0, 0.1) is 11.6 Å². The maximum Gasteiger partial charge on any atom is 0.303 e. The maximum absolute atomic E-state index is 13.2. The van der Waals surface area contributed by atoms with Crippen LogP contribution in [0.1, 0.15) is 42.5 Å². The van der Waals surface area contributed by atoms with Crippen molar-refractivity contribution in [2.24, 2.45) is 0 Å². The van der Waals surface area contributed by atoms with Gasteiger partial charge in [0.25, 0.3) is 0 Å². The van der Waals surface area contributed by atoms with Crippen molar-refractivity contribution in [1.29, 1.82) is 0 Å². The number of halogens is 2. The number of carboxylic acid groups (broad SMARTS) is 1. The Hall–Kier alpha value is -1.78. The van der Waals surface area contributed by atoms with Gasteiger partial charge in [0, 0.05) is 18.9 Å². The van der Waals surface area contributed by atoms with Crippen molar-refractivity contribution in [3.05, 3.63) is 35.4 Å². The van der Waals surface area contributed by atoms with E-state index in [1.165, 1.54) is 0 Å². The number of benzene rings is 1. The fraction of sp³-hybridized carbons (Fsp3) is 0.385. The average Bonchev–Trinajstić information content (AvgIpc) is 2.27. The van der Waals surface area contributed by atoms with E-state index in [1.807, 2.05) is 0 Å². The van der Waals surface area contributed by atoms with Crippen molar-refractivity contribution >= 4 is 11.8 Å². The third-order valence-corrected chi connectivity index (χ3v) is 2.53. The highest BCUT2D eigenvalue weighted by atomic mass is 19.1. The van der Waals surface area contributed by atoms with Crippen LogP contribution in [0.4, 0.5) is 8.78 Å². The van der Waals surface area contributed by atoms with Crippen molar-refractivity contribution in [3.63, 3.8) is 0 Å². The van der Waals surface area contributed by atoms with Crippen molar-refractivity contribution in [3.8, 4) is 0 Å². The molecule has 0 aliphatic heterocycles. The molecule has 0 spiro atoms. The maximum atomic E-state index is 13.2. The van der Waals surface area contributed by atoms with Crippen LogP contribution < -0.4 is 0 Å². The predicted octanol–water partition coefficient (Wildman–Crippen LogP) is 3.18. The zero-order chi connectivity index (χ0) is 13.5. The topological polar surface area (TPSA) is 54.4 Å². The normalized spacial score (nSPS) is 10.3. The molecule has 0 fully saturated rings. The summed E-state index contributed by atoms with van der Waals surface area (Å²) in [5.41, 5.74) is -0.116. The summed E-state index contributed by atoms with van der Waals surface area (Å²) in [5.74, 6) is -2.83. The number of hydrogen-bond donors (Lipinski definition) is 1. The van der Waals surface area contributed by atoms with Crippen molar-refractivity contribution in [2.75, 3.05) is 0 Å². The molecule has 0 bridgehead atoms. The number of unbranched alkanes of at least 4 members (excludes halogenated alkanes) is 2. The number of aliphatic carboxylic acids is 1. The van der Waals surface area contributed by atoms with Gasteiger partial charge in [-0.3, -0.25) is 9.59 Å². The number of carbonyl (C=O) groups excluding carboxylic acids is 1. The molecule has 0 saturated heterocycles. The van der Waals surface area contributed by atoms with Gasteiger partial charge in [0.15, 0.2) is 5.78 Å². The summed E-state index contributed by atoms with van der Waals surface area (Å²) in [6.07, 6.45) is 1.81. The van der Waals surface area contributed by atoms with Gasteiger partial charge in [-0.1, -0.05) is 6.42 Å². The number of ketones is 1. The van der Waals surface area contributed by atoms with Crippen LogP contribution in [-0.2, 0) is 4.79 Å². The fourth-order valence-electron chi connectivity index (χ4n) is 1.59. The van der Waals surface area contributed by atoms with Crippen LogP contribution in [0.25, 0.3) is 0 Å². The van der Waals surface area contributed by atoms with Crippen LogP contribution >= 0.6 is 0 Å². The smallest absolute Gasteiger partial charge is 0.303 e. The van der Waals surface area contributed by atoms with Gasteiger partial charge in [-0.15, -0.1) is 0 Å². The van der Waals surface area contributed by atoms with Gasteiger partial charge in [-0.2, -0.15) is 0 Å². The van der Waals surface area contributed by atoms with E-state index in [-0.39, 0.29) is 24.2 Å². The number of rotatable bonds is 7. The van der Waals surface area contributed by atoms with E-state index in [2.05, 4.69) is 0 Å². The molecule has 0 aliphatic carbocycles. The molecular weight excluding hydrogens is 242 g/mol. The lowest BCUT2D eigenvalue weighted by Gasteiger charge is -2.02. The lowest BCUT2D eigenvalue weighted by Crippen LogP contribution is -2.03. The lowest BCUT2D eigenvalue weighted by molar-refractivity contribution is -0.137. The number of carbonyl (C=O) groups is 2. The average molecular weight is 256 g/mol.